The van der Waals surface area contributed by atoms with Crippen molar-refractivity contribution in [2.75, 3.05) is 13.2 Å². The molecule has 1 heterocycles. The normalized spacial score (nSPS) is 36.6. The highest BCUT2D eigenvalue weighted by atomic mass is 16.5. The zero-order chi connectivity index (χ0) is 7.45. The largest absolute Gasteiger partial charge is 0.381 e. The quantitative estimate of drug-likeness (QED) is 0.554. The molecular weight excluding hydrogens is 126 g/mol. The molecule has 1 aliphatic heterocycles. The maximum absolute atomic E-state index is 5.97. The van der Waals surface area contributed by atoms with Gasteiger partial charge in [0.2, 0.25) is 0 Å². The van der Waals surface area contributed by atoms with Gasteiger partial charge < -0.3 is 10.5 Å². The van der Waals surface area contributed by atoms with Gasteiger partial charge >= 0.3 is 0 Å². The van der Waals surface area contributed by atoms with Crippen molar-refractivity contribution in [1.29, 1.82) is 0 Å². The number of hydrogen-bond acceptors (Lipinski definition) is 2. The summed E-state index contributed by atoms with van der Waals surface area (Å²) < 4.78 is 5.33. The Morgan fingerprint density at radius 1 is 1.20 bits per heavy atom. The Kier molecular flexibility index (Phi) is 2.69. The van der Waals surface area contributed by atoms with Gasteiger partial charge in [0.05, 0.1) is 0 Å². The molecule has 10 heavy (non-hydrogen) atoms. The molecule has 1 saturated heterocycles. The third kappa shape index (κ3) is 2.67. The fourth-order valence-electron chi connectivity index (χ4n) is 1.27. The maximum Gasteiger partial charge on any atom is 0.0483 e. The second-order valence-electron chi connectivity index (χ2n) is 3.47. The van der Waals surface area contributed by atoms with E-state index in [-0.39, 0.29) is 5.54 Å². The van der Waals surface area contributed by atoms with Crippen LogP contribution in [0.4, 0.5) is 0 Å². The van der Waals surface area contributed by atoms with Crippen LogP contribution in [0.5, 0.6) is 0 Å². The van der Waals surface area contributed by atoms with Gasteiger partial charge in [0.1, 0.15) is 0 Å². The van der Waals surface area contributed by atoms with Crippen molar-refractivity contribution in [3.05, 3.63) is 0 Å². The van der Waals surface area contributed by atoms with Gasteiger partial charge in [-0.05, 0) is 32.6 Å². The van der Waals surface area contributed by atoms with Crippen LogP contribution in [0, 0.1) is 0 Å². The average molecular weight is 143 g/mol. The first-order valence-electron chi connectivity index (χ1n) is 4.07. The van der Waals surface area contributed by atoms with Gasteiger partial charge in [0, 0.05) is 18.8 Å². The van der Waals surface area contributed by atoms with Gasteiger partial charge in [0.15, 0.2) is 0 Å². The van der Waals surface area contributed by atoms with E-state index in [0.717, 1.165) is 26.1 Å². The molecular formula is C8H17NO. The zero-order valence-corrected chi connectivity index (χ0v) is 6.73. The molecule has 0 aromatic carbocycles. The monoisotopic (exact) mass is 143 g/mol. The first kappa shape index (κ1) is 8.02. The lowest BCUT2D eigenvalue weighted by atomic mass is 9.92. The van der Waals surface area contributed by atoms with Crippen LogP contribution in [0.2, 0.25) is 0 Å². The lowest BCUT2D eigenvalue weighted by molar-refractivity contribution is 0.0957. The zero-order valence-electron chi connectivity index (χ0n) is 6.73. The third-order valence-corrected chi connectivity index (χ3v) is 2.10. The predicted octanol–water partition coefficient (Wildman–Crippen LogP) is 1.29. The topological polar surface area (TPSA) is 35.2 Å². The van der Waals surface area contributed by atoms with Crippen LogP contribution >= 0.6 is 0 Å². The Labute approximate surface area is 62.7 Å². The highest BCUT2D eigenvalue weighted by molar-refractivity contribution is 4.78. The maximum atomic E-state index is 5.97. The van der Waals surface area contributed by atoms with Crippen LogP contribution in [-0.4, -0.2) is 18.8 Å². The van der Waals surface area contributed by atoms with E-state index in [1.807, 2.05) is 0 Å². The first-order valence-corrected chi connectivity index (χ1v) is 4.07. The molecule has 0 aromatic rings. The van der Waals surface area contributed by atoms with Crippen LogP contribution < -0.4 is 5.73 Å². The highest BCUT2D eigenvalue weighted by Crippen LogP contribution is 2.17. The van der Waals surface area contributed by atoms with Crippen LogP contribution in [0.25, 0.3) is 0 Å². The minimum absolute atomic E-state index is 0.0282. The molecule has 0 aromatic heterocycles. The van der Waals surface area contributed by atoms with Crippen molar-refractivity contribution in [3.63, 3.8) is 0 Å². The molecule has 0 radical (unpaired) electrons. The Bertz CT molecular complexity index is 91.4. The van der Waals surface area contributed by atoms with Gasteiger partial charge in [-0.3, -0.25) is 0 Å². The number of hydrogen-bond donors (Lipinski definition) is 1. The van der Waals surface area contributed by atoms with E-state index < -0.39 is 0 Å². The fourth-order valence-corrected chi connectivity index (χ4v) is 1.27. The molecule has 0 amide bonds. The summed E-state index contributed by atoms with van der Waals surface area (Å²) in [5.41, 5.74) is 6.00. The van der Waals surface area contributed by atoms with Gasteiger partial charge in [-0.2, -0.15) is 0 Å². The van der Waals surface area contributed by atoms with Crippen molar-refractivity contribution >= 4 is 0 Å². The van der Waals surface area contributed by atoms with Crippen LogP contribution in [0.1, 0.15) is 32.6 Å². The molecule has 2 N–H and O–H groups in total. The van der Waals surface area contributed by atoms with E-state index in [1.54, 1.807) is 0 Å². The number of ether oxygens (including phenoxy) is 1. The van der Waals surface area contributed by atoms with Crippen LogP contribution in [-0.2, 0) is 4.74 Å². The lowest BCUT2D eigenvalue weighted by Gasteiger charge is -2.26. The molecule has 2 heteroatoms. The Morgan fingerprint density at radius 2 is 2.00 bits per heavy atom. The van der Waals surface area contributed by atoms with E-state index in [4.69, 9.17) is 10.5 Å². The molecule has 0 spiro atoms. The highest BCUT2D eigenvalue weighted by Gasteiger charge is 2.18. The average Bonchev–Trinajstić information content (AvgIpc) is 1.81. The second-order valence-corrected chi connectivity index (χ2v) is 3.47. The smallest absolute Gasteiger partial charge is 0.0483 e. The van der Waals surface area contributed by atoms with E-state index in [2.05, 4.69) is 6.92 Å². The SMILES string of the molecule is CC1(N)CCCCOCC1. The molecule has 1 rings (SSSR count). The van der Waals surface area contributed by atoms with E-state index >= 15 is 0 Å². The predicted molar refractivity (Wildman–Crippen MR) is 41.9 cm³/mol. The summed E-state index contributed by atoms with van der Waals surface area (Å²) in [6, 6.07) is 0. The van der Waals surface area contributed by atoms with E-state index in [0.29, 0.717) is 0 Å². The molecule has 0 bridgehead atoms. The van der Waals surface area contributed by atoms with Gasteiger partial charge in [-0.1, -0.05) is 0 Å². The molecule has 60 valence electrons. The summed E-state index contributed by atoms with van der Waals surface area (Å²) in [6.45, 7) is 3.88. The number of nitrogens with two attached hydrogens (primary N) is 1. The van der Waals surface area contributed by atoms with Gasteiger partial charge in [-0.15, -0.1) is 0 Å². The molecule has 1 atom stereocenters. The fraction of sp³-hybridized carbons (Fsp3) is 1.00. The first-order chi connectivity index (χ1) is 4.71. The van der Waals surface area contributed by atoms with Crippen molar-refractivity contribution in [2.45, 2.75) is 38.1 Å². The van der Waals surface area contributed by atoms with Gasteiger partial charge in [-0.25, -0.2) is 0 Å². The summed E-state index contributed by atoms with van der Waals surface area (Å²) >= 11 is 0. The van der Waals surface area contributed by atoms with Crippen LogP contribution in [0.15, 0.2) is 0 Å². The van der Waals surface area contributed by atoms with Crippen molar-refractivity contribution < 1.29 is 4.74 Å². The lowest BCUT2D eigenvalue weighted by Crippen LogP contribution is -2.38. The minimum Gasteiger partial charge on any atom is -0.381 e. The molecule has 2 nitrogen and oxygen atoms in total. The van der Waals surface area contributed by atoms with Crippen molar-refractivity contribution in [1.82, 2.24) is 0 Å². The summed E-state index contributed by atoms with van der Waals surface area (Å²) in [5, 5.41) is 0. The molecule has 1 aliphatic rings. The molecule has 1 unspecified atom stereocenters. The summed E-state index contributed by atoms with van der Waals surface area (Å²) in [6.07, 6.45) is 4.54. The second kappa shape index (κ2) is 3.35. The van der Waals surface area contributed by atoms with Gasteiger partial charge in [0.25, 0.3) is 0 Å². The summed E-state index contributed by atoms with van der Waals surface area (Å²) in [7, 11) is 0. The van der Waals surface area contributed by atoms with E-state index in [1.165, 1.54) is 12.8 Å². The van der Waals surface area contributed by atoms with Crippen molar-refractivity contribution in [2.24, 2.45) is 5.73 Å². The summed E-state index contributed by atoms with van der Waals surface area (Å²) in [5.74, 6) is 0. The number of rotatable bonds is 0. The molecule has 1 fully saturated rings. The molecule has 0 aliphatic carbocycles. The van der Waals surface area contributed by atoms with Crippen LogP contribution in [0.3, 0.4) is 0 Å². The Hall–Kier alpha value is -0.0800. The van der Waals surface area contributed by atoms with E-state index in [9.17, 15) is 0 Å². The Balaban J connectivity index is 2.30. The third-order valence-electron chi connectivity index (χ3n) is 2.10. The Morgan fingerprint density at radius 3 is 2.80 bits per heavy atom. The standard InChI is InChI=1S/C8H17NO/c1-8(9)4-2-3-6-10-7-5-8/h2-7,9H2,1H3. The minimum atomic E-state index is 0.0282. The van der Waals surface area contributed by atoms with Crippen molar-refractivity contribution in [3.8, 4) is 0 Å². The molecule has 0 saturated carbocycles. The summed E-state index contributed by atoms with van der Waals surface area (Å²) in [4.78, 5) is 0.